The first-order valence-electron chi connectivity index (χ1n) is 7.42. The molecule has 0 aromatic heterocycles. The maximum Gasteiger partial charge on any atom is 0.408 e. The third-order valence-corrected chi connectivity index (χ3v) is 2.91. The smallest absolute Gasteiger partial charge is 0.408 e. The van der Waals surface area contributed by atoms with Gasteiger partial charge in [-0.2, -0.15) is 0 Å². The van der Waals surface area contributed by atoms with Gasteiger partial charge < -0.3 is 10.1 Å². The Hall–Kier alpha value is -1.84. The molecule has 0 unspecified atom stereocenters. The minimum absolute atomic E-state index is 0.0742. The second-order valence-electron chi connectivity index (χ2n) is 6.07. The normalized spacial score (nSPS) is 12.6. The zero-order valence-electron chi connectivity index (χ0n) is 13.3. The van der Waals surface area contributed by atoms with Crippen molar-refractivity contribution in [2.24, 2.45) is 0 Å². The highest BCUT2D eigenvalue weighted by Gasteiger charge is 2.24. The molecule has 1 aromatic carbocycles. The number of ether oxygens (including phenoxy) is 1. The van der Waals surface area contributed by atoms with Gasteiger partial charge in [-0.15, -0.1) is 0 Å². The van der Waals surface area contributed by atoms with Gasteiger partial charge in [0.1, 0.15) is 5.60 Å². The Labute approximate surface area is 126 Å². The number of carbonyl (C=O) groups excluding carboxylic acids is 2. The number of rotatable bonds is 6. The van der Waals surface area contributed by atoms with Crippen molar-refractivity contribution >= 4 is 11.9 Å². The van der Waals surface area contributed by atoms with Gasteiger partial charge in [0, 0.05) is 5.56 Å². The van der Waals surface area contributed by atoms with E-state index in [9.17, 15) is 9.59 Å². The monoisotopic (exact) mass is 291 g/mol. The lowest BCUT2D eigenvalue weighted by molar-refractivity contribution is 0.0488. The Balaban J connectivity index is 2.76. The van der Waals surface area contributed by atoms with Gasteiger partial charge in [-0.05, 0) is 27.2 Å². The van der Waals surface area contributed by atoms with Crippen molar-refractivity contribution in [2.45, 2.75) is 58.6 Å². The fourth-order valence-electron chi connectivity index (χ4n) is 1.93. The van der Waals surface area contributed by atoms with Crippen LogP contribution in [-0.4, -0.2) is 23.5 Å². The van der Waals surface area contributed by atoms with Crippen molar-refractivity contribution in [3.63, 3.8) is 0 Å². The fourth-order valence-corrected chi connectivity index (χ4v) is 1.93. The van der Waals surface area contributed by atoms with Crippen LogP contribution in [0.5, 0.6) is 0 Å². The van der Waals surface area contributed by atoms with Crippen LogP contribution in [0.25, 0.3) is 0 Å². The van der Waals surface area contributed by atoms with Crippen molar-refractivity contribution in [2.75, 3.05) is 0 Å². The average molecular weight is 291 g/mol. The highest BCUT2D eigenvalue weighted by atomic mass is 16.6. The molecule has 0 radical (unpaired) electrons. The van der Waals surface area contributed by atoms with Gasteiger partial charge >= 0.3 is 6.09 Å². The van der Waals surface area contributed by atoms with E-state index >= 15 is 0 Å². The topological polar surface area (TPSA) is 55.4 Å². The molecule has 4 heteroatoms. The van der Waals surface area contributed by atoms with Crippen LogP contribution >= 0.6 is 0 Å². The molecule has 0 heterocycles. The van der Waals surface area contributed by atoms with Crippen molar-refractivity contribution in [3.05, 3.63) is 35.9 Å². The number of hydrogen-bond donors (Lipinski definition) is 1. The largest absolute Gasteiger partial charge is 0.444 e. The summed E-state index contributed by atoms with van der Waals surface area (Å²) in [5, 5.41) is 2.70. The van der Waals surface area contributed by atoms with E-state index in [1.54, 1.807) is 32.9 Å². The Morgan fingerprint density at radius 3 is 2.33 bits per heavy atom. The third kappa shape index (κ3) is 6.43. The summed E-state index contributed by atoms with van der Waals surface area (Å²) in [5.41, 5.74) is 0.0319. The zero-order valence-corrected chi connectivity index (χ0v) is 13.3. The summed E-state index contributed by atoms with van der Waals surface area (Å²) in [5.74, 6) is -0.0742. The first kappa shape index (κ1) is 17.2. The van der Waals surface area contributed by atoms with Crippen LogP contribution in [0.15, 0.2) is 30.3 Å². The van der Waals surface area contributed by atoms with E-state index in [1.807, 2.05) is 18.2 Å². The molecule has 0 fully saturated rings. The van der Waals surface area contributed by atoms with E-state index in [2.05, 4.69) is 12.2 Å². The van der Waals surface area contributed by atoms with Crippen LogP contribution in [0.3, 0.4) is 0 Å². The minimum atomic E-state index is -0.574. The standard InChI is InChI=1S/C17H25NO3/c1-5-6-12-14(18-16(20)21-17(2,3)4)15(19)13-10-8-7-9-11-13/h7-11,14H,5-6,12H2,1-4H3,(H,18,20)/t14-/m1/s1. The van der Waals surface area contributed by atoms with Crippen molar-refractivity contribution in [1.29, 1.82) is 0 Å². The molecule has 0 aliphatic heterocycles. The molecule has 21 heavy (non-hydrogen) atoms. The predicted octanol–water partition coefficient (Wildman–Crippen LogP) is 3.95. The summed E-state index contributed by atoms with van der Waals surface area (Å²) in [6.45, 7) is 7.45. The van der Waals surface area contributed by atoms with Gasteiger partial charge in [-0.1, -0.05) is 50.1 Å². The van der Waals surface area contributed by atoms with Crippen LogP contribution in [0.2, 0.25) is 0 Å². The lowest BCUT2D eigenvalue weighted by atomic mass is 10.00. The first-order valence-corrected chi connectivity index (χ1v) is 7.42. The van der Waals surface area contributed by atoms with Crippen LogP contribution in [0, 0.1) is 0 Å². The molecule has 1 rings (SSSR count). The Kier molecular flexibility index (Phi) is 6.40. The van der Waals surface area contributed by atoms with Crippen molar-refractivity contribution in [1.82, 2.24) is 5.32 Å². The maximum atomic E-state index is 12.5. The van der Waals surface area contributed by atoms with Crippen LogP contribution in [-0.2, 0) is 4.74 Å². The van der Waals surface area contributed by atoms with Gasteiger partial charge in [-0.25, -0.2) is 4.79 Å². The number of nitrogens with one attached hydrogen (secondary N) is 1. The molecule has 0 aliphatic carbocycles. The van der Waals surface area contributed by atoms with E-state index in [0.717, 1.165) is 12.8 Å². The van der Waals surface area contributed by atoms with Crippen LogP contribution in [0.1, 0.15) is 57.3 Å². The summed E-state index contributed by atoms with van der Waals surface area (Å²) in [4.78, 5) is 24.4. The first-order chi connectivity index (χ1) is 9.83. The molecule has 4 nitrogen and oxygen atoms in total. The number of alkyl carbamates (subject to hydrolysis) is 1. The molecule has 116 valence electrons. The highest BCUT2D eigenvalue weighted by molar-refractivity contribution is 6.01. The minimum Gasteiger partial charge on any atom is -0.444 e. The zero-order chi connectivity index (χ0) is 15.9. The second kappa shape index (κ2) is 7.81. The molecule has 1 atom stereocenters. The summed E-state index contributed by atoms with van der Waals surface area (Å²) < 4.78 is 5.23. The third-order valence-electron chi connectivity index (χ3n) is 2.91. The van der Waals surface area contributed by atoms with E-state index in [4.69, 9.17) is 4.74 Å². The molecule has 0 bridgehead atoms. The van der Waals surface area contributed by atoms with Gasteiger partial charge in [0.25, 0.3) is 0 Å². The molecule has 0 saturated heterocycles. The SMILES string of the molecule is CCCC[C@@H](NC(=O)OC(C)(C)C)C(=O)c1ccccc1. The Morgan fingerprint density at radius 1 is 1.19 bits per heavy atom. The quantitative estimate of drug-likeness (QED) is 0.807. The van der Waals surface area contributed by atoms with Gasteiger partial charge in [-0.3, -0.25) is 4.79 Å². The van der Waals surface area contributed by atoms with Crippen LogP contribution in [0.4, 0.5) is 4.79 Å². The number of benzene rings is 1. The van der Waals surface area contributed by atoms with Crippen molar-refractivity contribution < 1.29 is 14.3 Å². The number of ketones is 1. The predicted molar refractivity (Wildman–Crippen MR) is 83.5 cm³/mol. The van der Waals surface area contributed by atoms with E-state index in [1.165, 1.54) is 0 Å². The Morgan fingerprint density at radius 2 is 1.81 bits per heavy atom. The van der Waals surface area contributed by atoms with Gasteiger partial charge in [0.15, 0.2) is 5.78 Å². The summed E-state index contributed by atoms with van der Waals surface area (Å²) >= 11 is 0. The number of carbonyl (C=O) groups is 2. The number of amides is 1. The maximum absolute atomic E-state index is 12.5. The van der Waals surface area contributed by atoms with E-state index in [0.29, 0.717) is 12.0 Å². The summed E-state index contributed by atoms with van der Waals surface area (Å²) in [6, 6.07) is 8.48. The van der Waals surface area contributed by atoms with Gasteiger partial charge in [0.05, 0.1) is 6.04 Å². The van der Waals surface area contributed by atoms with E-state index in [-0.39, 0.29) is 5.78 Å². The summed E-state index contributed by atoms with van der Waals surface area (Å²) in [7, 11) is 0. The molecule has 0 aliphatic rings. The molecule has 1 amide bonds. The fraction of sp³-hybridized carbons (Fsp3) is 0.529. The second-order valence-corrected chi connectivity index (χ2v) is 6.07. The molecule has 1 N–H and O–H groups in total. The molecule has 0 spiro atoms. The van der Waals surface area contributed by atoms with E-state index < -0.39 is 17.7 Å². The van der Waals surface area contributed by atoms with Crippen LogP contribution < -0.4 is 5.32 Å². The average Bonchev–Trinajstić information content (AvgIpc) is 2.41. The number of unbranched alkanes of at least 4 members (excludes halogenated alkanes) is 1. The number of hydrogen-bond acceptors (Lipinski definition) is 3. The van der Waals surface area contributed by atoms with Crippen molar-refractivity contribution in [3.8, 4) is 0 Å². The van der Waals surface area contributed by atoms with Gasteiger partial charge in [0.2, 0.25) is 0 Å². The lowest BCUT2D eigenvalue weighted by Crippen LogP contribution is -2.43. The summed E-state index contributed by atoms with van der Waals surface area (Å²) in [6.07, 6.45) is 1.91. The molecular weight excluding hydrogens is 266 g/mol. The number of Topliss-reactive ketones (excluding diaryl/α,β-unsaturated/α-hetero) is 1. The lowest BCUT2D eigenvalue weighted by Gasteiger charge is -2.23. The molecular formula is C17H25NO3. The Bertz CT molecular complexity index is 463. The highest BCUT2D eigenvalue weighted by Crippen LogP contribution is 2.12. The molecule has 1 aromatic rings. The molecule has 0 saturated carbocycles.